The van der Waals surface area contributed by atoms with Crippen molar-refractivity contribution in [1.29, 1.82) is 0 Å². The van der Waals surface area contributed by atoms with Crippen LogP contribution in [0.5, 0.6) is 0 Å². The lowest BCUT2D eigenvalue weighted by atomic mass is 10.4. The molecule has 1 atom stereocenters. The van der Waals surface area contributed by atoms with E-state index in [2.05, 4.69) is 5.10 Å². The minimum atomic E-state index is 0.231. The molecule has 1 unspecified atom stereocenters. The summed E-state index contributed by atoms with van der Waals surface area (Å²) in [6.45, 7) is 4.83. The molecule has 1 aromatic rings. The van der Waals surface area contributed by atoms with Crippen molar-refractivity contribution in [3.8, 4) is 0 Å². The van der Waals surface area contributed by atoms with Crippen LogP contribution in [0, 0.1) is 6.92 Å². The van der Waals surface area contributed by atoms with E-state index in [4.69, 9.17) is 4.74 Å². The molecule has 0 radical (unpaired) electrons. The SMILES string of the molecule is COC(C)Cn1ccc(C)n1. The number of rotatable bonds is 3. The standard InChI is InChI=1S/C8H14N2O/c1-7-4-5-10(9-7)6-8(2)11-3/h4-5,8H,6H2,1-3H3. The van der Waals surface area contributed by atoms with Gasteiger partial charge < -0.3 is 4.74 Å². The van der Waals surface area contributed by atoms with Gasteiger partial charge in [0.1, 0.15) is 0 Å². The summed E-state index contributed by atoms with van der Waals surface area (Å²) < 4.78 is 6.99. The van der Waals surface area contributed by atoms with E-state index in [1.165, 1.54) is 0 Å². The highest BCUT2D eigenvalue weighted by atomic mass is 16.5. The molecule has 0 aromatic carbocycles. The zero-order valence-electron chi connectivity index (χ0n) is 7.24. The van der Waals surface area contributed by atoms with Crippen LogP contribution in [0.25, 0.3) is 0 Å². The summed E-state index contributed by atoms with van der Waals surface area (Å²) in [5.41, 5.74) is 1.05. The van der Waals surface area contributed by atoms with Crippen molar-refractivity contribution in [2.45, 2.75) is 26.5 Å². The molecule has 3 nitrogen and oxygen atoms in total. The topological polar surface area (TPSA) is 27.1 Å². The Morgan fingerprint density at radius 2 is 2.45 bits per heavy atom. The Morgan fingerprint density at radius 1 is 1.73 bits per heavy atom. The lowest BCUT2D eigenvalue weighted by molar-refractivity contribution is 0.0997. The Balaban J connectivity index is 2.50. The highest BCUT2D eigenvalue weighted by molar-refractivity contribution is 4.94. The largest absolute Gasteiger partial charge is 0.380 e. The molecular formula is C8H14N2O. The van der Waals surface area contributed by atoms with Crippen LogP contribution in [0.3, 0.4) is 0 Å². The van der Waals surface area contributed by atoms with E-state index in [1.54, 1.807) is 7.11 Å². The molecule has 1 heterocycles. The average molecular weight is 154 g/mol. The summed E-state index contributed by atoms with van der Waals surface area (Å²) in [6.07, 6.45) is 2.19. The summed E-state index contributed by atoms with van der Waals surface area (Å²) in [5.74, 6) is 0. The number of aromatic nitrogens is 2. The normalized spacial score (nSPS) is 13.4. The van der Waals surface area contributed by atoms with E-state index >= 15 is 0 Å². The van der Waals surface area contributed by atoms with Gasteiger partial charge in [0.05, 0.1) is 18.3 Å². The maximum Gasteiger partial charge on any atom is 0.0739 e. The molecule has 11 heavy (non-hydrogen) atoms. The Hall–Kier alpha value is -0.830. The lowest BCUT2D eigenvalue weighted by Crippen LogP contribution is -2.14. The quantitative estimate of drug-likeness (QED) is 0.654. The van der Waals surface area contributed by atoms with E-state index in [1.807, 2.05) is 30.8 Å². The van der Waals surface area contributed by atoms with E-state index in [0.717, 1.165) is 12.2 Å². The molecule has 0 saturated carbocycles. The van der Waals surface area contributed by atoms with Gasteiger partial charge in [0, 0.05) is 13.3 Å². The van der Waals surface area contributed by atoms with Gasteiger partial charge in [-0.15, -0.1) is 0 Å². The molecular weight excluding hydrogens is 140 g/mol. The van der Waals surface area contributed by atoms with E-state index in [0.29, 0.717) is 0 Å². The van der Waals surface area contributed by atoms with Crippen LogP contribution in [-0.2, 0) is 11.3 Å². The molecule has 1 rings (SSSR count). The number of aryl methyl sites for hydroxylation is 1. The van der Waals surface area contributed by atoms with Gasteiger partial charge in [0.15, 0.2) is 0 Å². The summed E-state index contributed by atoms with van der Waals surface area (Å²) in [6, 6.07) is 1.99. The molecule has 0 amide bonds. The maximum absolute atomic E-state index is 5.10. The van der Waals surface area contributed by atoms with Gasteiger partial charge in [-0.25, -0.2) is 0 Å². The second-order valence-electron chi connectivity index (χ2n) is 2.73. The Bertz CT molecular complexity index is 220. The van der Waals surface area contributed by atoms with Gasteiger partial charge in [-0.1, -0.05) is 0 Å². The van der Waals surface area contributed by atoms with Crippen LogP contribution in [0.2, 0.25) is 0 Å². The second kappa shape index (κ2) is 3.53. The molecule has 0 spiro atoms. The zero-order valence-corrected chi connectivity index (χ0v) is 7.24. The number of nitrogens with zero attached hydrogens (tertiary/aromatic N) is 2. The molecule has 0 bridgehead atoms. The van der Waals surface area contributed by atoms with Crippen LogP contribution in [0.15, 0.2) is 12.3 Å². The van der Waals surface area contributed by atoms with E-state index in [9.17, 15) is 0 Å². The van der Waals surface area contributed by atoms with Crippen molar-refractivity contribution in [1.82, 2.24) is 9.78 Å². The van der Waals surface area contributed by atoms with Crippen molar-refractivity contribution in [3.05, 3.63) is 18.0 Å². The minimum absolute atomic E-state index is 0.231. The van der Waals surface area contributed by atoms with Gasteiger partial charge >= 0.3 is 0 Å². The maximum atomic E-state index is 5.10. The summed E-state index contributed by atoms with van der Waals surface area (Å²) in [7, 11) is 1.71. The molecule has 0 aliphatic heterocycles. The van der Waals surface area contributed by atoms with Gasteiger partial charge in [0.25, 0.3) is 0 Å². The zero-order chi connectivity index (χ0) is 8.27. The van der Waals surface area contributed by atoms with Gasteiger partial charge in [-0.2, -0.15) is 5.10 Å². The number of ether oxygens (including phenoxy) is 1. The number of hydrogen-bond donors (Lipinski definition) is 0. The van der Waals surface area contributed by atoms with Crippen molar-refractivity contribution >= 4 is 0 Å². The first-order valence-corrected chi connectivity index (χ1v) is 3.75. The third-order valence-corrected chi connectivity index (χ3v) is 1.62. The average Bonchev–Trinajstić information content (AvgIpc) is 2.35. The molecule has 3 heteroatoms. The molecule has 0 aliphatic carbocycles. The number of methoxy groups -OCH3 is 1. The lowest BCUT2D eigenvalue weighted by Gasteiger charge is -2.08. The predicted molar refractivity (Wildman–Crippen MR) is 43.4 cm³/mol. The Labute approximate surface area is 67.0 Å². The number of hydrogen-bond acceptors (Lipinski definition) is 2. The fourth-order valence-corrected chi connectivity index (χ4v) is 0.903. The smallest absolute Gasteiger partial charge is 0.0739 e. The molecule has 0 N–H and O–H groups in total. The fraction of sp³-hybridized carbons (Fsp3) is 0.625. The molecule has 0 saturated heterocycles. The van der Waals surface area contributed by atoms with E-state index < -0.39 is 0 Å². The van der Waals surface area contributed by atoms with Crippen molar-refractivity contribution < 1.29 is 4.74 Å². The summed E-state index contributed by atoms with van der Waals surface area (Å²) >= 11 is 0. The Morgan fingerprint density at radius 3 is 2.91 bits per heavy atom. The van der Waals surface area contributed by atoms with Crippen LogP contribution < -0.4 is 0 Å². The van der Waals surface area contributed by atoms with Crippen molar-refractivity contribution in [2.24, 2.45) is 0 Å². The third-order valence-electron chi connectivity index (χ3n) is 1.62. The van der Waals surface area contributed by atoms with Crippen LogP contribution in [0.1, 0.15) is 12.6 Å². The monoisotopic (exact) mass is 154 g/mol. The molecule has 62 valence electrons. The van der Waals surface area contributed by atoms with Gasteiger partial charge in [-0.3, -0.25) is 4.68 Å². The first-order valence-electron chi connectivity index (χ1n) is 3.75. The van der Waals surface area contributed by atoms with Crippen LogP contribution in [0.4, 0.5) is 0 Å². The fourth-order valence-electron chi connectivity index (χ4n) is 0.903. The molecule has 0 fully saturated rings. The summed E-state index contributed by atoms with van der Waals surface area (Å²) in [5, 5.41) is 4.24. The summed E-state index contributed by atoms with van der Waals surface area (Å²) in [4.78, 5) is 0. The highest BCUT2D eigenvalue weighted by Crippen LogP contribution is 1.96. The predicted octanol–water partition coefficient (Wildman–Crippen LogP) is 1.23. The first kappa shape index (κ1) is 8.27. The van der Waals surface area contributed by atoms with E-state index in [-0.39, 0.29) is 6.10 Å². The van der Waals surface area contributed by atoms with Crippen LogP contribution >= 0.6 is 0 Å². The van der Waals surface area contributed by atoms with Crippen molar-refractivity contribution in [2.75, 3.05) is 7.11 Å². The first-order chi connectivity index (χ1) is 5.22. The Kier molecular flexibility index (Phi) is 2.65. The minimum Gasteiger partial charge on any atom is -0.380 e. The van der Waals surface area contributed by atoms with Crippen molar-refractivity contribution in [3.63, 3.8) is 0 Å². The molecule has 0 aliphatic rings. The highest BCUT2D eigenvalue weighted by Gasteiger charge is 2.00. The van der Waals surface area contributed by atoms with Gasteiger partial charge in [0.2, 0.25) is 0 Å². The third kappa shape index (κ3) is 2.35. The van der Waals surface area contributed by atoms with Crippen LogP contribution in [-0.4, -0.2) is 23.0 Å². The van der Waals surface area contributed by atoms with Gasteiger partial charge in [-0.05, 0) is 19.9 Å². The second-order valence-corrected chi connectivity index (χ2v) is 2.73. The molecule has 1 aromatic heterocycles.